The summed E-state index contributed by atoms with van der Waals surface area (Å²) >= 11 is 11.1. The second-order valence-electron chi connectivity index (χ2n) is 6.92. The summed E-state index contributed by atoms with van der Waals surface area (Å²) in [7, 11) is 0. The lowest BCUT2D eigenvalue weighted by atomic mass is 10.0. The van der Waals surface area contributed by atoms with E-state index in [4.69, 9.17) is 23.8 Å². The zero-order chi connectivity index (χ0) is 21.3. The van der Waals surface area contributed by atoms with Gasteiger partial charge in [-0.15, -0.1) is 0 Å². The molecule has 0 atom stereocenters. The Morgan fingerprint density at radius 3 is 2.03 bits per heavy atom. The number of carbonyl (C=O) groups is 2. The van der Waals surface area contributed by atoms with Crippen LogP contribution in [-0.4, -0.2) is 16.9 Å². The highest BCUT2D eigenvalue weighted by molar-refractivity contribution is 7.80. The summed E-state index contributed by atoms with van der Waals surface area (Å²) in [6.45, 7) is 2.05. The summed E-state index contributed by atoms with van der Waals surface area (Å²) < 4.78 is 0. The molecule has 6 heteroatoms. The molecule has 3 aromatic rings. The van der Waals surface area contributed by atoms with Gasteiger partial charge in [-0.2, -0.15) is 0 Å². The van der Waals surface area contributed by atoms with Crippen molar-refractivity contribution in [2.45, 2.75) is 6.92 Å². The molecule has 1 N–H and O–H groups in total. The number of rotatable bonds is 3. The van der Waals surface area contributed by atoms with Crippen LogP contribution < -0.4 is 10.2 Å². The average molecular weight is 433 g/mol. The first-order valence-electron chi connectivity index (χ1n) is 9.26. The zero-order valence-corrected chi connectivity index (χ0v) is 17.6. The van der Waals surface area contributed by atoms with Crippen molar-refractivity contribution in [3.63, 3.8) is 0 Å². The van der Waals surface area contributed by atoms with Crippen molar-refractivity contribution in [1.29, 1.82) is 0 Å². The highest BCUT2D eigenvalue weighted by Gasteiger charge is 2.34. The summed E-state index contributed by atoms with van der Waals surface area (Å²) in [5, 5.41) is 3.17. The molecular weight excluding hydrogens is 416 g/mol. The fraction of sp³-hybridized carbons (Fsp3) is 0.0417. The molecule has 1 saturated heterocycles. The molecular formula is C24H17ClN2O2S. The van der Waals surface area contributed by atoms with E-state index in [1.54, 1.807) is 30.3 Å². The lowest BCUT2D eigenvalue weighted by Gasteiger charge is -2.28. The molecule has 1 aliphatic rings. The van der Waals surface area contributed by atoms with E-state index in [1.807, 2.05) is 31.2 Å². The van der Waals surface area contributed by atoms with E-state index >= 15 is 0 Å². The molecule has 1 aliphatic heterocycles. The smallest absolute Gasteiger partial charge is 0.270 e. The van der Waals surface area contributed by atoms with Crippen molar-refractivity contribution >= 4 is 52.5 Å². The number of hydrogen-bond acceptors (Lipinski definition) is 3. The fourth-order valence-corrected chi connectivity index (χ4v) is 3.57. The first-order valence-corrected chi connectivity index (χ1v) is 10.0. The van der Waals surface area contributed by atoms with Gasteiger partial charge in [0.1, 0.15) is 5.57 Å². The molecule has 0 unspecified atom stereocenters. The molecule has 0 bridgehead atoms. The van der Waals surface area contributed by atoms with Crippen LogP contribution >= 0.6 is 23.8 Å². The maximum absolute atomic E-state index is 13.0. The molecule has 0 saturated carbocycles. The van der Waals surface area contributed by atoms with Crippen LogP contribution in [0.3, 0.4) is 0 Å². The van der Waals surface area contributed by atoms with E-state index < -0.39 is 11.8 Å². The summed E-state index contributed by atoms with van der Waals surface area (Å²) in [6.07, 6.45) is 1.57. The number of benzene rings is 3. The Morgan fingerprint density at radius 1 is 0.867 bits per heavy atom. The quantitative estimate of drug-likeness (QED) is 0.354. The van der Waals surface area contributed by atoms with Gasteiger partial charge >= 0.3 is 0 Å². The Morgan fingerprint density at radius 2 is 1.43 bits per heavy atom. The molecule has 4 rings (SSSR count). The molecule has 1 heterocycles. The standard InChI is InChI=1S/C24H17ClN2O2S/c1-15-2-6-17(7-3-15)18-8-4-16(5-9-18)14-21-22(28)26-24(30)27(23(21)29)20-12-10-19(25)11-13-20/h2-14H,1H3,(H,26,28,30)/b21-14-. The van der Waals surface area contributed by atoms with Gasteiger partial charge in [-0.3, -0.25) is 19.8 Å². The second kappa shape index (κ2) is 8.22. The molecule has 0 aromatic heterocycles. The number of thiocarbonyl (C=S) groups is 1. The number of hydrogen-bond donors (Lipinski definition) is 1. The van der Waals surface area contributed by atoms with Crippen molar-refractivity contribution in [3.05, 3.63) is 94.5 Å². The third-order valence-electron chi connectivity index (χ3n) is 4.79. The lowest BCUT2D eigenvalue weighted by Crippen LogP contribution is -2.54. The van der Waals surface area contributed by atoms with E-state index in [0.717, 1.165) is 16.7 Å². The minimum atomic E-state index is -0.516. The SMILES string of the molecule is Cc1ccc(-c2ccc(/C=C3/C(=O)NC(=S)N(c4ccc(Cl)cc4)C3=O)cc2)cc1. The lowest BCUT2D eigenvalue weighted by molar-refractivity contribution is -0.122. The summed E-state index contributed by atoms with van der Waals surface area (Å²) in [4.78, 5) is 26.8. The highest BCUT2D eigenvalue weighted by atomic mass is 35.5. The van der Waals surface area contributed by atoms with Crippen LogP contribution in [0.15, 0.2) is 78.4 Å². The minimum absolute atomic E-state index is 0.0154. The van der Waals surface area contributed by atoms with Crippen molar-refractivity contribution in [2.75, 3.05) is 4.90 Å². The maximum Gasteiger partial charge on any atom is 0.270 e. The number of aryl methyl sites for hydroxylation is 1. The van der Waals surface area contributed by atoms with Gasteiger partial charge in [-0.25, -0.2) is 0 Å². The van der Waals surface area contributed by atoms with E-state index in [9.17, 15) is 9.59 Å². The van der Waals surface area contributed by atoms with E-state index in [-0.39, 0.29) is 10.7 Å². The van der Waals surface area contributed by atoms with Crippen LogP contribution in [0.4, 0.5) is 5.69 Å². The predicted octanol–water partition coefficient (Wildman–Crippen LogP) is 5.15. The molecule has 30 heavy (non-hydrogen) atoms. The third kappa shape index (κ3) is 4.03. The topological polar surface area (TPSA) is 49.4 Å². The number of amides is 2. The first-order chi connectivity index (χ1) is 14.4. The maximum atomic E-state index is 13.0. The highest BCUT2D eigenvalue weighted by Crippen LogP contribution is 2.25. The van der Waals surface area contributed by atoms with Crippen LogP contribution in [0.5, 0.6) is 0 Å². The van der Waals surface area contributed by atoms with Gasteiger partial charge in [-0.1, -0.05) is 65.7 Å². The number of carbonyl (C=O) groups excluding carboxylic acids is 2. The second-order valence-corrected chi connectivity index (χ2v) is 7.75. The van der Waals surface area contributed by atoms with Gasteiger partial charge in [0.05, 0.1) is 5.69 Å². The van der Waals surface area contributed by atoms with Gasteiger partial charge < -0.3 is 0 Å². The Kier molecular flexibility index (Phi) is 5.48. The number of halogens is 1. The van der Waals surface area contributed by atoms with Gasteiger partial charge in [0.15, 0.2) is 5.11 Å². The molecule has 0 radical (unpaired) electrons. The molecule has 148 valence electrons. The zero-order valence-electron chi connectivity index (χ0n) is 16.1. The third-order valence-corrected chi connectivity index (χ3v) is 5.33. The number of nitrogens with one attached hydrogen (secondary N) is 1. The van der Waals surface area contributed by atoms with Gasteiger partial charge in [0.25, 0.3) is 11.8 Å². The Bertz CT molecular complexity index is 1170. The molecule has 3 aromatic carbocycles. The predicted molar refractivity (Wildman–Crippen MR) is 124 cm³/mol. The molecule has 0 aliphatic carbocycles. The Balaban J connectivity index is 1.63. The normalized spacial score (nSPS) is 15.5. The van der Waals surface area contributed by atoms with Crippen LogP contribution in [0.1, 0.15) is 11.1 Å². The van der Waals surface area contributed by atoms with Crippen molar-refractivity contribution < 1.29 is 9.59 Å². The van der Waals surface area contributed by atoms with E-state index in [1.165, 1.54) is 10.5 Å². The van der Waals surface area contributed by atoms with E-state index in [0.29, 0.717) is 10.7 Å². The molecule has 1 fully saturated rings. The van der Waals surface area contributed by atoms with Crippen LogP contribution in [0.2, 0.25) is 5.02 Å². The van der Waals surface area contributed by atoms with Crippen LogP contribution in [-0.2, 0) is 9.59 Å². The van der Waals surface area contributed by atoms with Gasteiger partial charge in [0, 0.05) is 5.02 Å². The molecule has 0 spiro atoms. The van der Waals surface area contributed by atoms with E-state index in [2.05, 4.69) is 29.6 Å². The molecule has 4 nitrogen and oxygen atoms in total. The van der Waals surface area contributed by atoms with Crippen LogP contribution in [0, 0.1) is 6.92 Å². The van der Waals surface area contributed by atoms with Gasteiger partial charge in [0.2, 0.25) is 0 Å². The van der Waals surface area contributed by atoms with Crippen molar-refractivity contribution in [3.8, 4) is 11.1 Å². The van der Waals surface area contributed by atoms with Crippen LogP contribution in [0.25, 0.3) is 17.2 Å². The average Bonchev–Trinajstić information content (AvgIpc) is 2.73. The number of nitrogens with zero attached hydrogens (tertiary/aromatic N) is 1. The van der Waals surface area contributed by atoms with Gasteiger partial charge in [-0.05, 0) is 66.2 Å². The first kappa shape index (κ1) is 20.0. The minimum Gasteiger partial charge on any atom is -0.298 e. The summed E-state index contributed by atoms with van der Waals surface area (Å²) in [5.41, 5.74) is 4.65. The summed E-state index contributed by atoms with van der Waals surface area (Å²) in [6, 6.07) is 22.6. The Hall–Kier alpha value is -3.28. The number of anilines is 1. The monoisotopic (exact) mass is 432 g/mol. The van der Waals surface area contributed by atoms with Crippen molar-refractivity contribution in [1.82, 2.24) is 5.32 Å². The Labute approximate surface area is 184 Å². The fourth-order valence-electron chi connectivity index (χ4n) is 3.17. The summed E-state index contributed by atoms with van der Waals surface area (Å²) in [5.74, 6) is -0.994. The van der Waals surface area contributed by atoms with Crippen molar-refractivity contribution in [2.24, 2.45) is 0 Å². The largest absolute Gasteiger partial charge is 0.298 e. The molecule has 2 amide bonds.